The maximum absolute atomic E-state index is 2.50. The Morgan fingerprint density at radius 2 is 1.12 bits per heavy atom. The van der Waals surface area contributed by atoms with Crippen LogP contribution in [0.2, 0.25) is 0 Å². The Labute approximate surface area is 286 Å². The van der Waals surface area contributed by atoms with Gasteiger partial charge in [-0.15, -0.1) is 0 Å². The van der Waals surface area contributed by atoms with Gasteiger partial charge in [0, 0.05) is 11.4 Å². The highest BCUT2D eigenvalue weighted by atomic mass is 15.3. The Morgan fingerprint density at radius 3 is 1.98 bits per heavy atom. The van der Waals surface area contributed by atoms with Crippen LogP contribution in [0.5, 0.6) is 0 Å². The maximum Gasteiger partial charge on any atom is 0.0745 e. The number of allylic oxidation sites excluding steroid dienone is 1. The lowest BCUT2D eigenvalue weighted by Gasteiger charge is -2.42. The molecule has 0 amide bonds. The van der Waals surface area contributed by atoms with Crippen molar-refractivity contribution in [3.8, 4) is 22.3 Å². The first-order valence-corrected chi connectivity index (χ1v) is 17.0. The molecule has 8 aromatic rings. The third-order valence-electron chi connectivity index (χ3n) is 10.1. The second kappa shape index (κ2) is 11.1. The molecule has 0 unspecified atom stereocenters. The van der Waals surface area contributed by atoms with Gasteiger partial charge < -0.3 is 9.80 Å². The van der Waals surface area contributed by atoms with Gasteiger partial charge in [0.25, 0.3) is 0 Å². The van der Waals surface area contributed by atoms with E-state index in [1.165, 1.54) is 72.0 Å². The van der Waals surface area contributed by atoms with Gasteiger partial charge in [-0.25, -0.2) is 0 Å². The number of anilines is 6. The zero-order valence-electron chi connectivity index (χ0n) is 26.9. The highest BCUT2D eigenvalue weighted by molar-refractivity contribution is 6.11. The molecule has 0 radical (unpaired) electrons. The van der Waals surface area contributed by atoms with Gasteiger partial charge in [-0.1, -0.05) is 140 Å². The van der Waals surface area contributed by atoms with Gasteiger partial charge >= 0.3 is 0 Å². The van der Waals surface area contributed by atoms with Gasteiger partial charge in [0.05, 0.1) is 22.7 Å². The van der Waals surface area contributed by atoms with Crippen molar-refractivity contribution >= 4 is 61.7 Å². The van der Waals surface area contributed by atoms with E-state index in [9.17, 15) is 0 Å². The van der Waals surface area contributed by atoms with Crippen LogP contribution in [0, 0.1) is 0 Å². The highest BCUT2D eigenvalue weighted by Gasteiger charge is 2.34. The molecular weight excluding hydrogens is 593 g/mol. The lowest BCUT2D eigenvalue weighted by Crippen LogP contribution is -2.25. The molecule has 230 valence electrons. The highest BCUT2D eigenvalue weighted by Crippen LogP contribution is 2.58. The van der Waals surface area contributed by atoms with Crippen molar-refractivity contribution in [3.63, 3.8) is 0 Å². The number of rotatable bonds is 4. The maximum atomic E-state index is 2.50. The molecule has 0 atom stereocenters. The predicted octanol–water partition coefficient (Wildman–Crippen LogP) is 13.1. The van der Waals surface area contributed by atoms with Crippen molar-refractivity contribution in [2.75, 3.05) is 9.80 Å². The second-order valence-electron chi connectivity index (χ2n) is 12.9. The van der Waals surface area contributed by atoms with Crippen molar-refractivity contribution in [3.05, 3.63) is 187 Å². The number of hydrogen-bond donors (Lipinski definition) is 0. The normalized spacial score (nSPS) is 13.1. The number of benzene rings is 8. The fourth-order valence-electron chi connectivity index (χ4n) is 7.95. The van der Waals surface area contributed by atoms with Crippen LogP contribution in [0.3, 0.4) is 0 Å². The van der Waals surface area contributed by atoms with Crippen LogP contribution in [0.4, 0.5) is 34.1 Å². The molecule has 2 nitrogen and oxygen atoms in total. The quantitative estimate of drug-likeness (QED) is 0.192. The molecule has 0 spiro atoms. The summed E-state index contributed by atoms with van der Waals surface area (Å²) in [5.74, 6) is 0. The van der Waals surface area contributed by atoms with E-state index in [0.29, 0.717) is 0 Å². The molecule has 1 heterocycles. The lowest BCUT2D eigenvalue weighted by atomic mass is 9.88. The molecule has 1 aliphatic carbocycles. The van der Waals surface area contributed by atoms with Gasteiger partial charge in [0.2, 0.25) is 0 Å². The summed E-state index contributed by atoms with van der Waals surface area (Å²) in [6.07, 6.45) is 5.48. The van der Waals surface area contributed by atoms with Crippen molar-refractivity contribution < 1.29 is 0 Å². The van der Waals surface area contributed by atoms with Crippen LogP contribution < -0.4 is 9.80 Å². The zero-order chi connectivity index (χ0) is 32.3. The number of fused-ring (bicyclic) bond motifs is 4. The van der Waals surface area contributed by atoms with E-state index in [-0.39, 0.29) is 0 Å². The smallest absolute Gasteiger partial charge is 0.0745 e. The molecule has 0 saturated heterocycles. The summed E-state index contributed by atoms with van der Waals surface area (Å²) in [7, 11) is 0. The molecule has 8 aromatic carbocycles. The molecule has 2 heteroatoms. The van der Waals surface area contributed by atoms with Crippen molar-refractivity contribution in [1.82, 2.24) is 0 Å². The van der Waals surface area contributed by atoms with Crippen LogP contribution in [-0.4, -0.2) is 0 Å². The van der Waals surface area contributed by atoms with Gasteiger partial charge in [-0.05, 0) is 104 Å². The summed E-state index contributed by atoms with van der Waals surface area (Å²) < 4.78 is 0. The van der Waals surface area contributed by atoms with Gasteiger partial charge in [-0.2, -0.15) is 0 Å². The second-order valence-corrected chi connectivity index (χ2v) is 12.9. The molecule has 10 rings (SSSR count). The van der Waals surface area contributed by atoms with Gasteiger partial charge in [0.1, 0.15) is 0 Å². The number of hydrogen-bond acceptors (Lipinski definition) is 2. The summed E-state index contributed by atoms with van der Waals surface area (Å²) in [6.45, 7) is 0. The summed E-state index contributed by atoms with van der Waals surface area (Å²) in [5, 5.41) is 5.14. The summed E-state index contributed by atoms with van der Waals surface area (Å²) in [5.41, 5.74) is 14.6. The molecule has 0 fully saturated rings. The molecule has 49 heavy (non-hydrogen) atoms. The van der Waals surface area contributed by atoms with Crippen LogP contribution in [0.25, 0.3) is 49.9 Å². The molecule has 0 saturated carbocycles. The molecule has 0 bridgehead atoms. The fraction of sp³-hybridized carbons (Fsp3) is 0.0213. The summed E-state index contributed by atoms with van der Waals surface area (Å²) in [6, 6.07) is 62.0. The Kier molecular flexibility index (Phi) is 6.28. The molecule has 1 aliphatic heterocycles. The third-order valence-corrected chi connectivity index (χ3v) is 10.1. The first kappa shape index (κ1) is 27.7. The summed E-state index contributed by atoms with van der Waals surface area (Å²) >= 11 is 0. The van der Waals surface area contributed by atoms with Crippen molar-refractivity contribution in [2.24, 2.45) is 0 Å². The Hall–Kier alpha value is -6.38. The van der Waals surface area contributed by atoms with E-state index >= 15 is 0 Å². The van der Waals surface area contributed by atoms with E-state index in [4.69, 9.17) is 0 Å². The Balaban J connectivity index is 1.24. The Morgan fingerprint density at radius 1 is 0.429 bits per heavy atom. The average molecular weight is 625 g/mol. The van der Waals surface area contributed by atoms with Crippen LogP contribution in [-0.2, 0) is 6.42 Å². The monoisotopic (exact) mass is 624 g/mol. The van der Waals surface area contributed by atoms with Crippen LogP contribution in [0.1, 0.15) is 11.1 Å². The summed E-state index contributed by atoms with van der Waals surface area (Å²) in [4.78, 5) is 4.98. The van der Waals surface area contributed by atoms with Crippen LogP contribution in [0.15, 0.2) is 176 Å². The first-order valence-electron chi connectivity index (χ1n) is 17.0. The molecule has 0 aromatic heterocycles. The van der Waals surface area contributed by atoms with E-state index in [0.717, 1.165) is 23.5 Å². The fourth-order valence-corrected chi connectivity index (χ4v) is 7.95. The van der Waals surface area contributed by atoms with Crippen molar-refractivity contribution in [1.29, 1.82) is 0 Å². The number of para-hydroxylation sites is 1. The largest absolute Gasteiger partial charge is 0.306 e. The minimum Gasteiger partial charge on any atom is -0.306 e. The standard InChI is InChI=1S/C47H32N2/c1-3-12-32(13-4-1)36-26-29-43-44(30-36)49(38-19-5-2-6-20-38)47-42-23-11-17-35-16-9-18-37(46(35)42)31-45(47)48(43)39-27-24-34(25-28-39)41-22-10-15-33-14-7-8-21-40(33)41/h1-22,24-31H,23H2. The van der Waals surface area contributed by atoms with Crippen LogP contribution >= 0.6 is 0 Å². The topological polar surface area (TPSA) is 6.48 Å². The predicted molar refractivity (Wildman–Crippen MR) is 208 cm³/mol. The molecular formula is C47H32N2. The van der Waals surface area contributed by atoms with E-state index < -0.39 is 0 Å². The van der Waals surface area contributed by atoms with E-state index in [1.54, 1.807) is 0 Å². The first-order chi connectivity index (χ1) is 24.3. The lowest BCUT2D eigenvalue weighted by molar-refractivity contribution is 1.14. The third kappa shape index (κ3) is 4.42. The zero-order valence-corrected chi connectivity index (χ0v) is 26.9. The van der Waals surface area contributed by atoms with E-state index in [2.05, 4.69) is 192 Å². The minimum atomic E-state index is 0.877. The minimum absolute atomic E-state index is 0.877. The Bertz CT molecular complexity index is 2560. The van der Waals surface area contributed by atoms with E-state index in [1.807, 2.05) is 0 Å². The average Bonchev–Trinajstić information content (AvgIpc) is 3.18. The van der Waals surface area contributed by atoms with Gasteiger partial charge in [0.15, 0.2) is 0 Å². The number of nitrogens with zero attached hydrogens (tertiary/aromatic N) is 2. The SMILES string of the molecule is C1=Cc2cccc3cc4c(c(c23)C1)N(c1ccccc1)c1cc(-c2ccccc2)ccc1N4c1ccc(-c2cccc3ccccc23)cc1. The van der Waals surface area contributed by atoms with Gasteiger partial charge in [-0.3, -0.25) is 0 Å². The molecule has 0 N–H and O–H groups in total. The molecule has 2 aliphatic rings. The van der Waals surface area contributed by atoms with Crippen molar-refractivity contribution in [2.45, 2.75) is 6.42 Å².